The molecule has 1 atom stereocenters. The molecule has 2 aromatic rings. The lowest BCUT2D eigenvalue weighted by Gasteiger charge is -2.49. The summed E-state index contributed by atoms with van der Waals surface area (Å²) >= 11 is 11.9. The first-order chi connectivity index (χ1) is 14.9. The van der Waals surface area contributed by atoms with Crippen LogP contribution in [0.1, 0.15) is 31.4 Å². The highest BCUT2D eigenvalue weighted by atomic mass is 35.5. The summed E-state index contributed by atoms with van der Waals surface area (Å²) in [5, 5.41) is 3.33. The number of hydrogen-bond donors (Lipinski definition) is 1. The molecular weight excluding hydrogens is 429 g/mol. The van der Waals surface area contributed by atoms with Crippen LogP contribution in [0.2, 0.25) is 0 Å². The van der Waals surface area contributed by atoms with Gasteiger partial charge in [0.15, 0.2) is 0 Å². The van der Waals surface area contributed by atoms with Gasteiger partial charge < -0.3 is 15.1 Å². The Hall–Kier alpha value is -2.17. The van der Waals surface area contributed by atoms with Gasteiger partial charge in [0.1, 0.15) is 5.66 Å². The Kier molecular flexibility index (Phi) is 6.23. The van der Waals surface area contributed by atoms with Crippen LogP contribution in [0.5, 0.6) is 0 Å². The van der Waals surface area contributed by atoms with Gasteiger partial charge in [0.25, 0.3) is 0 Å². The SMILES string of the molecule is CC1(C)c2ccccc2N2CCC(=O)N[C@@]21/C=C/c1ccc(N(CCCl)CCCl)cc1. The summed E-state index contributed by atoms with van der Waals surface area (Å²) < 4.78 is 0. The Balaban J connectivity index is 1.66. The first kappa shape index (κ1) is 22.0. The fraction of sp³-hybridized carbons (Fsp3) is 0.400. The van der Waals surface area contributed by atoms with Gasteiger partial charge in [-0.2, -0.15) is 0 Å². The highest BCUT2D eigenvalue weighted by Crippen LogP contribution is 2.52. The minimum absolute atomic E-state index is 0.0925. The van der Waals surface area contributed by atoms with Crippen molar-refractivity contribution in [3.63, 3.8) is 0 Å². The van der Waals surface area contributed by atoms with E-state index in [9.17, 15) is 4.79 Å². The molecule has 4 nitrogen and oxygen atoms in total. The van der Waals surface area contributed by atoms with E-state index >= 15 is 0 Å². The maximum absolute atomic E-state index is 12.5. The second-order valence-corrected chi connectivity index (χ2v) is 9.40. The highest BCUT2D eigenvalue weighted by molar-refractivity contribution is 6.18. The van der Waals surface area contributed by atoms with Crippen molar-refractivity contribution in [3.05, 3.63) is 65.7 Å². The number of amides is 1. The molecule has 1 amide bonds. The predicted molar refractivity (Wildman–Crippen MR) is 131 cm³/mol. The van der Waals surface area contributed by atoms with Crippen molar-refractivity contribution in [2.24, 2.45) is 0 Å². The van der Waals surface area contributed by atoms with E-state index in [1.54, 1.807) is 0 Å². The second-order valence-electron chi connectivity index (χ2n) is 8.65. The molecule has 6 heteroatoms. The maximum Gasteiger partial charge on any atom is 0.223 e. The molecular formula is C25H29Cl2N3O. The molecule has 0 aliphatic carbocycles. The minimum Gasteiger partial charge on any atom is -0.369 e. The quantitative estimate of drug-likeness (QED) is 0.594. The van der Waals surface area contributed by atoms with Crippen molar-refractivity contribution in [2.75, 3.05) is 41.2 Å². The molecule has 0 bridgehead atoms. The van der Waals surface area contributed by atoms with Gasteiger partial charge in [-0.05, 0) is 35.4 Å². The van der Waals surface area contributed by atoms with Crippen molar-refractivity contribution in [1.29, 1.82) is 0 Å². The van der Waals surface area contributed by atoms with Gasteiger partial charge in [-0.25, -0.2) is 0 Å². The molecule has 1 saturated heterocycles. The van der Waals surface area contributed by atoms with Crippen molar-refractivity contribution < 1.29 is 4.79 Å². The minimum atomic E-state index is -0.589. The Bertz CT molecular complexity index is 967. The standard InChI is InChI=1S/C25H29Cl2N3O/c1-24(2)21-5-3-4-6-22(21)30-16-12-23(31)28-25(24,30)13-11-19-7-9-20(10-8-19)29(17-14-26)18-15-27/h3-11,13H,12,14-18H2,1-2H3,(H,28,31)/b13-11+/t25-/m0/s1. The molecule has 1 N–H and O–H groups in total. The van der Waals surface area contributed by atoms with Gasteiger partial charge in [-0.3, -0.25) is 4.79 Å². The fourth-order valence-corrected chi connectivity index (χ4v) is 5.31. The molecule has 0 radical (unpaired) electrons. The lowest BCUT2D eigenvalue weighted by Crippen LogP contribution is -2.68. The third-order valence-corrected chi connectivity index (χ3v) is 6.96. The molecule has 0 aromatic heterocycles. The normalized spacial score (nSPS) is 21.7. The number of nitrogens with one attached hydrogen (secondary N) is 1. The van der Waals surface area contributed by atoms with Crippen LogP contribution in [0.3, 0.4) is 0 Å². The molecule has 0 spiro atoms. The number of hydrogen-bond acceptors (Lipinski definition) is 3. The Labute approximate surface area is 194 Å². The van der Waals surface area contributed by atoms with E-state index in [0.717, 1.165) is 24.3 Å². The second kappa shape index (κ2) is 8.76. The Morgan fingerprint density at radius 2 is 1.74 bits per heavy atom. The van der Waals surface area contributed by atoms with E-state index in [0.29, 0.717) is 24.7 Å². The third kappa shape index (κ3) is 3.81. The molecule has 1 fully saturated rings. The summed E-state index contributed by atoms with van der Waals surface area (Å²) in [4.78, 5) is 17.0. The van der Waals surface area contributed by atoms with Crippen molar-refractivity contribution in [3.8, 4) is 0 Å². The Morgan fingerprint density at radius 1 is 1.06 bits per heavy atom. The first-order valence-corrected chi connectivity index (χ1v) is 11.8. The maximum atomic E-state index is 12.5. The van der Waals surface area contributed by atoms with E-state index in [-0.39, 0.29) is 11.3 Å². The van der Waals surface area contributed by atoms with Crippen molar-refractivity contribution in [1.82, 2.24) is 5.32 Å². The summed E-state index contributed by atoms with van der Waals surface area (Å²) in [5.74, 6) is 1.22. The zero-order valence-corrected chi connectivity index (χ0v) is 19.6. The highest BCUT2D eigenvalue weighted by Gasteiger charge is 2.57. The molecule has 2 aromatic carbocycles. The van der Waals surface area contributed by atoms with Crippen molar-refractivity contribution in [2.45, 2.75) is 31.3 Å². The Morgan fingerprint density at radius 3 is 2.42 bits per heavy atom. The van der Waals surface area contributed by atoms with Gasteiger partial charge in [-0.15, -0.1) is 23.2 Å². The summed E-state index contributed by atoms with van der Waals surface area (Å²) in [5.41, 5.74) is 3.79. The zero-order valence-electron chi connectivity index (χ0n) is 18.1. The summed E-state index contributed by atoms with van der Waals surface area (Å²) in [7, 11) is 0. The van der Waals surface area contributed by atoms with E-state index in [2.05, 4.69) is 89.6 Å². The number of para-hydroxylation sites is 1. The molecule has 0 saturated carbocycles. The van der Waals surface area contributed by atoms with Crippen molar-refractivity contribution >= 4 is 46.6 Å². The molecule has 2 aliphatic heterocycles. The molecule has 0 unspecified atom stereocenters. The summed E-state index contributed by atoms with van der Waals surface area (Å²) in [6, 6.07) is 16.9. The predicted octanol–water partition coefficient (Wildman–Crippen LogP) is 5.00. The zero-order chi connectivity index (χ0) is 22.1. The number of rotatable bonds is 7. The molecule has 31 heavy (non-hydrogen) atoms. The van der Waals surface area contributed by atoms with Crippen LogP contribution in [0, 0.1) is 0 Å². The van der Waals surface area contributed by atoms with Crippen LogP contribution >= 0.6 is 23.2 Å². The van der Waals surface area contributed by atoms with Crippen LogP contribution in [0.4, 0.5) is 11.4 Å². The van der Waals surface area contributed by atoms with E-state index < -0.39 is 5.66 Å². The first-order valence-electron chi connectivity index (χ1n) is 10.8. The summed E-state index contributed by atoms with van der Waals surface area (Å²) in [6.07, 6.45) is 4.78. The van der Waals surface area contributed by atoms with Gasteiger partial charge >= 0.3 is 0 Å². The number of anilines is 2. The number of fused-ring (bicyclic) bond motifs is 3. The topological polar surface area (TPSA) is 35.6 Å². The lowest BCUT2D eigenvalue weighted by atomic mass is 9.74. The van der Waals surface area contributed by atoms with Crippen LogP contribution < -0.4 is 15.1 Å². The number of benzene rings is 2. The van der Waals surface area contributed by atoms with Crippen LogP contribution in [-0.4, -0.2) is 43.0 Å². The molecule has 2 aliphatic rings. The van der Waals surface area contributed by atoms with E-state index in [1.165, 1.54) is 11.3 Å². The van der Waals surface area contributed by atoms with Crippen LogP contribution in [0.25, 0.3) is 6.08 Å². The number of nitrogens with zero attached hydrogens (tertiary/aromatic N) is 2. The monoisotopic (exact) mass is 457 g/mol. The molecule has 164 valence electrons. The third-order valence-electron chi connectivity index (χ3n) is 6.62. The average molecular weight is 458 g/mol. The number of carbonyl (C=O) groups is 1. The van der Waals surface area contributed by atoms with Gasteiger partial charge in [0, 0.05) is 54.6 Å². The van der Waals surface area contributed by atoms with Crippen LogP contribution in [-0.2, 0) is 10.2 Å². The van der Waals surface area contributed by atoms with Gasteiger partial charge in [-0.1, -0.05) is 50.3 Å². The summed E-state index contributed by atoms with van der Waals surface area (Å²) in [6.45, 7) is 6.66. The van der Waals surface area contributed by atoms with Gasteiger partial charge in [0.05, 0.1) is 0 Å². The number of halogens is 2. The van der Waals surface area contributed by atoms with E-state index in [4.69, 9.17) is 23.2 Å². The molecule has 2 heterocycles. The molecule has 4 rings (SSSR count). The average Bonchev–Trinajstić information content (AvgIpc) is 2.96. The number of carbonyl (C=O) groups excluding carboxylic acids is 1. The van der Waals surface area contributed by atoms with Gasteiger partial charge in [0.2, 0.25) is 5.91 Å². The number of alkyl halides is 2. The smallest absolute Gasteiger partial charge is 0.223 e. The van der Waals surface area contributed by atoms with E-state index in [1.807, 2.05) is 0 Å². The van der Waals surface area contributed by atoms with Crippen LogP contribution in [0.15, 0.2) is 54.6 Å². The fourth-order valence-electron chi connectivity index (χ4n) is 4.91. The largest absolute Gasteiger partial charge is 0.369 e. The lowest BCUT2D eigenvalue weighted by molar-refractivity contribution is -0.124.